The van der Waals surface area contributed by atoms with Gasteiger partial charge in [-0.15, -0.1) is 0 Å². The van der Waals surface area contributed by atoms with Gasteiger partial charge in [-0.1, -0.05) is 18.2 Å². The maximum absolute atomic E-state index is 14.2. The van der Waals surface area contributed by atoms with Gasteiger partial charge in [0.1, 0.15) is 5.82 Å². The van der Waals surface area contributed by atoms with Crippen LogP contribution in [0.4, 0.5) is 4.39 Å². The second-order valence-corrected chi connectivity index (χ2v) is 8.24. The number of halogens is 1. The first-order valence-electron chi connectivity index (χ1n) is 7.20. The third-order valence-corrected chi connectivity index (χ3v) is 4.89. The number of nitrogens with one attached hydrogen (secondary N) is 1. The maximum atomic E-state index is 14.2. The first-order valence-corrected chi connectivity index (χ1v) is 8.35. The molecule has 1 aromatic carbocycles. The Bertz CT molecular complexity index is 557. The average molecular weight is 329 g/mol. The van der Waals surface area contributed by atoms with E-state index in [0.717, 1.165) is 0 Å². The number of ether oxygens (including phenoxy) is 1. The van der Waals surface area contributed by atoms with Gasteiger partial charge in [-0.05, 0) is 40.7 Å². The van der Waals surface area contributed by atoms with Crippen LogP contribution in [-0.2, 0) is 26.1 Å². The number of hydrogen-bond acceptors (Lipinski definition) is 3. The fourth-order valence-corrected chi connectivity index (χ4v) is 2.85. The summed E-state index contributed by atoms with van der Waals surface area (Å²) >= 11 is 0. The highest BCUT2D eigenvalue weighted by molar-refractivity contribution is 7.84. The van der Waals surface area contributed by atoms with Crippen molar-refractivity contribution in [3.05, 3.63) is 35.6 Å². The molecule has 0 heterocycles. The van der Waals surface area contributed by atoms with Gasteiger partial charge in [0, 0.05) is 5.56 Å². The molecular weight excluding hydrogens is 305 g/mol. The summed E-state index contributed by atoms with van der Waals surface area (Å²) < 4.78 is 33.9. The summed E-state index contributed by atoms with van der Waals surface area (Å²) in [6.07, 6.45) is -0.108. The molecule has 1 aromatic rings. The van der Waals surface area contributed by atoms with E-state index in [1.54, 1.807) is 32.0 Å². The summed E-state index contributed by atoms with van der Waals surface area (Å²) in [6, 6.07) is 6.16. The molecule has 1 N–H and O–H groups in total. The van der Waals surface area contributed by atoms with Crippen molar-refractivity contribution in [1.82, 2.24) is 4.72 Å². The Kier molecular flexibility index (Phi) is 6.26. The Morgan fingerprint density at radius 1 is 1.27 bits per heavy atom. The van der Waals surface area contributed by atoms with Crippen LogP contribution >= 0.6 is 0 Å². The number of carbonyl (C=O) groups excluding carboxylic acids is 1. The summed E-state index contributed by atoms with van der Waals surface area (Å²) in [6.45, 7) is 9.03. The zero-order valence-corrected chi connectivity index (χ0v) is 14.6. The van der Waals surface area contributed by atoms with Gasteiger partial charge in [0.2, 0.25) is 0 Å². The molecule has 4 nitrogen and oxygen atoms in total. The fraction of sp³-hybridized carbons (Fsp3) is 0.562. The van der Waals surface area contributed by atoms with Crippen LogP contribution in [0.1, 0.15) is 46.6 Å². The average Bonchev–Trinajstić information content (AvgIpc) is 2.37. The van der Waals surface area contributed by atoms with E-state index >= 15 is 0 Å². The van der Waals surface area contributed by atoms with Crippen LogP contribution < -0.4 is 4.72 Å². The summed E-state index contributed by atoms with van der Waals surface area (Å²) in [7, 11) is -1.46. The highest BCUT2D eigenvalue weighted by Gasteiger charge is 2.36. The van der Waals surface area contributed by atoms with Gasteiger partial charge in [-0.25, -0.2) is 13.3 Å². The second-order valence-electron chi connectivity index (χ2n) is 6.28. The predicted molar refractivity (Wildman–Crippen MR) is 86.0 cm³/mol. The van der Waals surface area contributed by atoms with Crippen molar-refractivity contribution in [2.45, 2.75) is 51.3 Å². The van der Waals surface area contributed by atoms with E-state index in [0.29, 0.717) is 5.56 Å². The SMILES string of the molecule is CCOC(=O)CC(C)(NS(=O)C(C)(C)C)c1ccccc1F. The highest BCUT2D eigenvalue weighted by atomic mass is 32.2. The third kappa shape index (κ3) is 4.88. The number of benzene rings is 1. The zero-order chi connectivity index (χ0) is 17.0. The first kappa shape index (κ1) is 18.8. The second kappa shape index (κ2) is 7.33. The molecule has 0 saturated carbocycles. The Morgan fingerprint density at radius 3 is 2.36 bits per heavy atom. The summed E-state index contributed by atoms with van der Waals surface area (Å²) in [5.41, 5.74) is -0.823. The minimum atomic E-state index is -1.46. The minimum Gasteiger partial charge on any atom is -0.466 e. The van der Waals surface area contributed by atoms with Gasteiger partial charge in [-0.2, -0.15) is 0 Å². The molecule has 0 aromatic heterocycles. The number of hydrogen-bond donors (Lipinski definition) is 1. The van der Waals surface area contributed by atoms with Crippen molar-refractivity contribution in [2.24, 2.45) is 0 Å². The molecule has 22 heavy (non-hydrogen) atoms. The highest BCUT2D eigenvalue weighted by Crippen LogP contribution is 2.29. The molecule has 0 aliphatic rings. The zero-order valence-electron chi connectivity index (χ0n) is 13.7. The molecule has 124 valence electrons. The number of carbonyl (C=O) groups is 1. The van der Waals surface area contributed by atoms with Crippen molar-refractivity contribution >= 4 is 17.0 Å². The van der Waals surface area contributed by atoms with Gasteiger partial charge >= 0.3 is 5.97 Å². The van der Waals surface area contributed by atoms with E-state index in [-0.39, 0.29) is 13.0 Å². The first-order chi connectivity index (χ1) is 10.1. The molecule has 0 saturated heterocycles. The van der Waals surface area contributed by atoms with Crippen molar-refractivity contribution < 1.29 is 18.1 Å². The lowest BCUT2D eigenvalue weighted by molar-refractivity contribution is -0.144. The van der Waals surface area contributed by atoms with E-state index < -0.39 is 33.1 Å². The molecule has 0 spiro atoms. The quantitative estimate of drug-likeness (QED) is 0.816. The molecule has 2 unspecified atom stereocenters. The summed E-state index contributed by atoms with van der Waals surface area (Å²) in [5, 5.41) is 0. The van der Waals surface area contributed by atoms with E-state index in [1.807, 2.05) is 20.8 Å². The Labute approximate surface area is 134 Å². The third-order valence-electron chi connectivity index (χ3n) is 3.15. The van der Waals surface area contributed by atoms with Crippen molar-refractivity contribution in [3.63, 3.8) is 0 Å². The van der Waals surface area contributed by atoms with Gasteiger partial charge < -0.3 is 4.74 Å². The van der Waals surface area contributed by atoms with Crippen LogP contribution in [0.2, 0.25) is 0 Å². The maximum Gasteiger partial charge on any atom is 0.308 e. The van der Waals surface area contributed by atoms with Crippen molar-refractivity contribution in [2.75, 3.05) is 6.61 Å². The number of rotatable bonds is 6. The molecule has 1 rings (SSSR count). The lowest BCUT2D eigenvalue weighted by atomic mass is 9.89. The van der Waals surface area contributed by atoms with E-state index in [1.165, 1.54) is 6.07 Å². The predicted octanol–water partition coefficient (Wildman–Crippen LogP) is 3.05. The molecule has 0 amide bonds. The smallest absolute Gasteiger partial charge is 0.308 e. The molecule has 0 radical (unpaired) electrons. The topological polar surface area (TPSA) is 55.4 Å². The fourth-order valence-electron chi connectivity index (χ4n) is 1.95. The Hall–Kier alpha value is -1.27. The van der Waals surface area contributed by atoms with Crippen LogP contribution in [-0.4, -0.2) is 21.5 Å². The number of esters is 1. The largest absolute Gasteiger partial charge is 0.466 e. The van der Waals surface area contributed by atoms with Gasteiger partial charge in [-0.3, -0.25) is 4.79 Å². The molecule has 0 aliphatic heterocycles. The van der Waals surface area contributed by atoms with Crippen molar-refractivity contribution in [1.29, 1.82) is 0 Å². The Balaban J connectivity index is 3.18. The standard InChI is InChI=1S/C16H24FNO3S/c1-6-21-14(19)11-16(5,18-22(20)15(2,3)4)12-9-7-8-10-13(12)17/h7-10,18H,6,11H2,1-5H3. The normalized spacial score (nSPS) is 15.9. The van der Waals surface area contributed by atoms with Crippen LogP contribution in [0.5, 0.6) is 0 Å². The summed E-state index contributed by atoms with van der Waals surface area (Å²) in [4.78, 5) is 11.9. The lowest BCUT2D eigenvalue weighted by Crippen LogP contribution is -2.48. The van der Waals surface area contributed by atoms with E-state index in [4.69, 9.17) is 4.74 Å². The van der Waals surface area contributed by atoms with Crippen LogP contribution in [0.3, 0.4) is 0 Å². The van der Waals surface area contributed by atoms with Crippen LogP contribution in [0.25, 0.3) is 0 Å². The minimum absolute atomic E-state index is 0.108. The lowest BCUT2D eigenvalue weighted by Gasteiger charge is -2.33. The molecule has 0 aliphatic carbocycles. The monoisotopic (exact) mass is 329 g/mol. The molecular formula is C16H24FNO3S. The van der Waals surface area contributed by atoms with Crippen LogP contribution in [0, 0.1) is 5.82 Å². The van der Waals surface area contributed by atoms with Crippen LogP contribution in [0.15, 0.2) is 24.3 Å². The molecule has 6 heteroatoms. The van der Waals surface area contributed by atoms with E-state index in [9.17, 15) is 13.4 Å². The van der Waals surface area contributed by atoms with Gasteiger partial charge in [0.05, 0.1) is 34.3 Å². The molecule has 0 bridgehead atoms. The molecule has 2 atom stereocenters. The van der Waals surface area contributed by atoms with Crippen molar-refractivity contribution in [3.8, 4) is 0 Å². The van der Waals surface area contributed by atoms with E-state index in [2.05, 4.69) is 4.72 Å². The van der Waals surface area contributed by atoms with Gasteiger partial charge in [0.15, 0.2) is 0 Å². The van der Waals surface area contributed by atoms with Gasteiger partial charge in [0.25, 0.3) is 0 Å². The summed E-state index contributed by atoms with van der Waals surface area (Å²) in [5.74, 6) is -0.917. The Morgan fingerprint density at radius 2 is 1.86 bits per heavy atom. The molecule has 0 fully saturated rings.